The number of rotatable bonds is 1. The Morgan fingerprint density at radius 1 is 1.38 bits per heavy atom. The van der Waals surface area contributed by atoms with Crippen LogP contribution in [0.25, 0.3) is 0 Å². The van der Waals surface area contributed by atoms with Crippen LogP contribution in [-0.4, -0.2) is 40.9 Å². The topological polar surface area (TPSA) is 29.5 Å². The minimum Gasteiger partial charge on any atom is -0.372 e. The third kappa shape index (κ3) is 3.01. The second-order valence-electron chi connectivity index (χ2n) is 3.30. The van der Waals surface area contributed by atoms with Gasteiger partial charge in [-0.15, -0.1) is 0 Å². The lowest BCUT2D eigenvalue weighted by atomic mass is 10.2. The lowest BCUT2D eigenvalue weighted by molar-refractivity contribution is -0.141. The number of nitrogens with zero attached hydrogens (tertiary/aromatic N) is 1. The Bertz CT molecular complexity index is 189. The molecule has 1 aliphatic rings. The van der Waals surface area contributed by atoms with Crippen molar-refractivity contribution in [3.63, 3.8) is 0 Å². The molecular formula is C8H13Cl2NO2. The molecular weight excluding hydrogens is 213 g/mol. The first-order valence-electron chi connectivity index (χ1n) is 4.23. The zero-order valence-corrected chi connectivity index (χ0v) is 9.18. The van der Waals surface area contributed by atoms with Gasteiger partial charge in [-0.1, -0.05) is 23.2 Å². The molecule has 0 aromatic rings. The van der Waals surface area contributed by atoms with Gasteiger partial charge in [-0.2, -0.15) is 0 Å². The predicted octanol–water partition coefficient (Wildman–Crippen LogP) is 1.43. The number of morpholine rings is 1. The van der Waals surface area contributed by atoms with E-state index in [0.29, 0.717) is 13.1 Å². The monoisotopic (exact) mass is 225 g/mol. The largest absolute Gasteiger partial charge is 0.372 e. The fourth-order valence-corrected chi connectivity index (χ4v) is 1.77. The van der Waals surface area contributed by atoms with Crippen LogP contribution in [0.5, 0.6) is 0 Å². The van der Waals surface area contributed by atoms with Crippen LogP contribution in [0, 0.1) is 0 Å². The molecule has 1 saturated heterocycles. The van der Waals surface area contributed by atoms with Gasteiger partial charge in [0.2, 0.25) is 0 Å². The molecule has 1 amide bonds. The highest BCUT2D eigenvalue weighted by Gasteiger charge is 2.28. The van der Waals surface area contributed by atoms with Gasteiger partial charge in [-0.05, 0) is 13.8 Å². The molecule has 3 nitrogen and oxygen atoms in total. The van der Waals surface area contributed by atoms with Crippen LogP contribution in [0.1, 0.15) is 13.8 Å². The third-order valence-electron chi connectivity index (χ3n) is 1.92. The maximum Gasteiger partial charge on any atom is 0.256 e. The van der Waals surface area contributed by atoms with Crippen LogP contribution in [0.15, 0.2) is 0 Å². The summed E-state index contributed by atoms with van der Waals surface area (Å²) >= 11 is 11.0. The van der Waals surface area contributed by atoms with Gasteiger partial charge in [0.05, 0.1) is 12.2 Å². The van der Waals surface area contributed by atoms with Gasteiger partial charge in [0.15, 0.2) is 4.84 Å². The lowest BCUT2D eigenvalue weighted by Crippen LogP contribution is -2.49. The van der Waals surface area contributed by atoms with Gasteiger partial charge >= 0.3 is 0 Å². The van der Waals surface area contributed by atoms with E-state index < -0.39 is 4.84 Å². The standard InChI is InChI=1S/C8H13Cl2NO2/c1-5-3-11(4-6(2)13-5)8(12)7(9)10/h5-7H,3-4H2,1-2H3/t5-,6-/m1/s1. The summed E-state index contributed by atoms with van der Waals surface area (Å²) in [6, 6.07) is 0. The molecule has 0 N–H and O–H groups in total. The second kappa shape index (κ2) is 4.49. The van der Waals surface area contributed by atoms with Crippen LogP contribution in [0.4, 0.5) is 0 Å². The summed E-state index contributed by atoms with van der Waals surface area (Å²) in [4.78, 5) is 12.1. The molecule has 0 aromatic carbocycles. The molecule has 0 unspecified atom stereocenters. The van der Waals surface area contributed by atoms with Crippen LogP contribution in [-0.2, 0) is 9.53 Å². The van der Waals surface area contributed by atoms with Crippen molar-refractivity contribution in [2.45, 2.75) is 30.9 Å². The van der Waals surface area contributed by atoms with Gasteiger partial charge in [0, 0.05) is 13.1 Å². The Hall–Kier alpha value is 0.01000. The van der Waals surface area contributed by atoms with Gasteiger partial charge in [-0.3, -0.25) is 4.79 Å². The highest BCUT2D eigenvalue weighted by Crippen LogP contribution is 2.14. The van der Waals surface area contributed by atoms with E-state index in [-0.39, 0.29) is 18.1 Å². The Morgan fingerprint density at radius 2 is 1.85 bits per heavy atom. The van der Waals surface area contributed by atoms with Gasteiger partial charge < -0.3 is 9.64 Å². The van der Waals surface area contributed by atoms with Gasteiger partial charge in [0.25, 0.3) is 5.91 Å². The molecule has 1 heterocycles. The summed E-state index contributed by atoms with van der Waals surface area (Å²) in [6.45, 7) is 4.99. The molecule has 13 heavy (non-hydrogen) atoms. The molecule has 1 aliphatic heterocycles. The molecule has 0 aliphatic carbocycles. The van der Waals surface area contributed by atoms with E-state index >= 15 is 0 Å². The number of hydrogen-bond acceptors (Lipinski definition) is 2. The summed E-state index contributed by atoms with van der Waals surface area (Å²) in [7, 11) is 0. The van der Waals surface area contributed by atoms with E-state index in [0.717, 1.165) is 0 Å². The molecule has 1 rings (SSSR count). The van der Waals surface area contributed by atoms with Crippen LogP contribution in [0.2, 0.25) is 0 Å². The number of carbonyl (C=O) groups excluding carboxylic acids is 1. The maximum absolute atomic E-state index is 11.4. The summed E-state index contributed by atoms with van der Waals surface area (Å²) < 4.78 is 5.47. The Labute approximate surface area is 87.9 Å². The van der Waals surface area contributed by atoms with Crippen molar-refractivity contribution in [2.24, 2.45) is 0 Å². The predicted molar refractivity (Wildman–Crippen MR) is 52.1 cm³/mol. The molecule has 0 spiro atoms. The van der Waals surface area contributed by atoms with E-state index in [2.05, 4.69) is 0 Å². The van der Waals surface area contributed by atoms with Crippen molar-refractivity contribution < 1.29 is 9.53 Å². The van der Waals surface area contributed by atoms with Crippen molar-refractivity contribution >= 4 is 29.1 Å². The zero-order chi connectivity index (χ0) is 10.0. The Morgan fingerprint density at radius 3 is 2.23 bits per heavy atom. The summed E-state index contributed by atoms with van der Waals surface area (Å²) in [5.74, 6) is -0.231. The first-order valence-corrected chi connectivity index (χ1v) is 5.10. The van der Waals surface area contributed by atoms with Gasteiger partial charge in [-0.25, -0.2) is 0 Å². The van der Waals surface area contributed by atoms with E-state index in [1.807, 2.05) is 13.8 Å². The fourth-order valence-electron chi connectivity index (χ4n) is 1.50. The van der Waals surface area contributed by atoms with Crippen molar-refractivity contribution in [3.05, 3.63) is 0 Å². The molecule has 76 valence electrons. The molecule has 2 atom stereocenters. The molecule has 0 aromatic heterocycles. The Balaban J connectivity index is 2.55. The average Bonchev–Trinajstić information content (AvgIpc) is 2.01. The van der Waals surface area contributed by atoms with E-state index in [9.17, 15) is 4.79 Å². The number of alkyl halides is 2. The van der Waals surface area contributed by atoms with Crippen molar-refractivity contribution in [1.29, 1.82) is 0 Å². The highest BCUT2D eigenvalue weighted by molar-refractivity contribution is 6.53. The number of halogens is 2. The van der Waals surface area contributed by atoms with Crippen LogP contribution < -0.4 is 0 Å². The summed E-state index contributed by atoms with van der Waals surface area (Å²) in [5, 5.41) is 0. The van der Waals surface area contributed by atoms with E-state index in [4.69, 9.17) is 27.9 Å². The molecule has 5 heteroatoms. The minimum absolute atomic E-state index is 0.0554. The number of ether oxygens (including phenoxy) is 1. The van der Waals surface area contributed by atoms with Crippen molar-refractivity contribution in [1.82, 2.24) is 4.90 Å². The second-order valence-corrected chi connectivity index (χ2v) is 4.40. The number of amides is 1. The smallest absolute Gasteiger partial charge is 0.256 e. The highest BCUT2D eigenvalue weighted by atomic mass is 35.5. The molecule has 1 fully saturated rings. The third-order valence-corrected chi connectivity index (χ3v) is 2.29. The van der Waals surface area contributed by atoms with Crippen LogP contribution >= 0.6 is 23.2 Å². The first kappa shape index (κ1) is 11.1. The van der Waals surface area contributed by atoms with E-state index in [1.165, 1.54) is 0 Å². The van der Waals surface area contributed by atoms with Crippen molar-refractivity contribution in [3.8, 4) is 0 Å². The zero-order valence-electron chi connectivity index (χ0n) is 7.67. The maximum atomic E-state index is 11.4. The van der Waals surface area contributed by atoms with Crippen molar-refractivity contribution in [2.75, 3.05) is 13.1 Å². The minimum atomic E-state index is -0.961. The normalized spacial score (nSPS) is 29.5. The van der Waals surface area contributed by atoms with E-state index in [1.54, 1.807) is 4.90 Å². The molecule has 0 saturated carbocycles. The lowest BCUT2D eigenvalue weighted by Gasteiger charge is -2.35. The fraction of sp³-hybridized carbons (Fsp3) is 0.875. The summed E-state index contributed by atoms with van der Waals surface area (Å²) in [6.07, 6.45) is 0.111. The molecule has 0 radical (unpaired) electrons. The van der Waals surface area contributed by atoms with Gasteiger partial charge in [0.1, 0.15) is 0 Å². The quantitative estimate of drug-likeness (QED) is 0.633. The number of hydrogen-bond donors (Lipinski definition) is 0. The first-order chi connectivity index (χ1) is 6.00. The SMILES string of the molecule is C[C@@H]1CN(C(=O)C(Cl)Cl)C[C@@H](C)O1. The molecule has 0 bridgehead atoms. The average molecular weight is 226 g/mol. The summed E-state index contributed by atoms with van der Waals surface area (Å²) in [5.41, 5.74) is 0. The van der Waals surface area contributed by atoms with Crippen LogP contribution in [0.3, 0.4) is 0 Å². The number of carbonyl (C=O) groups is 1. The Kier molecular flexibility index (Phi) is 3.83.